The second-order valence-corrected chi connectivity index (χ2v) is 4.56. The van der Waals surface area contributed by atoms with Gasteiger partial charge in [-0.05, 0) is 24.0 Å². The molecule has 0 aliphatic rings. The molecular formula is C13H22N2O. The van der Waals surface area contributed by atoms with Gasteiger partial charge in [0, 0.05) is 32.1 Å². The number of aromatic nitrogens is 1. The number of methoxy groups -OCH3 is 1. The average Bonchev–Trinajstić information content (AvgIpc) is 2.24. The molecule has 1 atom stereocenters. The van der Waals surface area contributed by atoms with Crippen LogP contribution in [0.5, 0.6) is 0 Å². The molecule has 1 aromatic rings. The molecule has 1 N–H and O–H groups in total. The van der Waals surface area contributed by atoms with E-state index >= 15 is 0 Å². The van der Waals surface area contributed by atoms with Gasteiger partial charge in [0.2, 0.25) is 0 Å². The van der Waals surface area contributed by atoms with E-state index in [-0.39, 0.29) is 0 Å². The Balaban J connectivity index is 2.48. The maximum absolute atomic E-state index is 5.20. The van der Waals surface area contributed by atoms with E-state index in [1.165, 1.54) is 11.1 Å². The Morgan fingerprint density at radius 1 is 1.38 bits per heavy atom. The van der Waals surface area contributed by atoms with Crippen molar-refractivity contribution in [2.45, 2.75) is 33.4 Å². The third-order valence-electron chi connectivity index (χ3n) is 2.65. The monoisotopic (exact) mass is 222 g/mol. The normalized spacial score (nSPS) is 13.1. The van der Waals surface area contributed by atoms with Gasteiger partial charge in [0.05, 0.1) is 6.61 Å². The number of rotatable bonds is 6. The van der Waals surface area contributed by atoms with E-state index in [0.717, 1.165) is 13.2 Å². The molecule has 90 valence electrons. The van der Waals surface area contributed by atoms with Gasteiger partial charge in [-0.3, -0.25) is 4.98 Å². The van der Waals surface area contributed by atoms with Crippen LogP contribution in [-0.2, 0) is 11.3 Å². The van der Waals surface area contributed by atoms with Gasteiger partial charge in [-0.2, -0.15) is 0 Å². The largest absolute Gasteiger partial charge is 0.383 e. The topological polar surface area (TPSA) is 34.1 Å². The summed E-state index contributed by atoms with van der Waals surface area (Å²) in [6, 6.07) is 2.55. The summed E-state index contributed by atoms with van der Waals surface area (Å²) in [5.41, 5.74) is 2.42. The smallest absolute Gasteiger partial charge is 0.0618 e. The number of hydrogen-bond acceptors (Lipinski definition) is 3. The number of nitrogens with one attached hydrogen (secondary N) is 1. The molecule has 0 spiro atoms. The van der Waals surface area contributed by atoms with Crippen molar-refractivity contribution in [3.8, 4) is 0 Å². The van der Waals surface area contributed by atoms with Gasteiger partial charge in [0.25, 0.3) is 0 Å². The SMILES string of the molecule is COCC(NCc1cncc(C)c1)C(C)C. The van der Waals surface area contributed by atoms with Gasteiger partial charge in [-0.15, -0.1) is 0 Å². The minimum atomic E-state index is 0.394. The van der Waals surface area contributed by atoms with E-state index in [9.17, 15) is 0 Å². The fourth-order valence-corrected chi connectivity index (χ4v) is 1.63. The molecule has 1 rings (SSSR count). The number of nitrogens with zero attached hydrogens (tertiary/aromatic N) is 1. The van der Waals surface area contributed by atoms with Gasteiger partial charge in [0.1, 0.15) is 0 Å². The fourth-order valence-electron chi connectivity index (χ4n) is 1.63. The Hall–Kier alpha value is -0.930. The number of ether oxygens (including phenoxy) is 1. The van der Waals surface area contributed by atoms with Gasteiger partial charge < -0.3 is 10.1 Å². The van der Waals surface area contributed by atoms with Crippen LogP contribution in [0.25, 0.3) is 0 Å². The Morgan fingerprint density at radius 3 is 2.69 bits per heavy atom. The molecule has 1 unspecified atom stereocenters. The second kappa shape index (κ2) is 6.61. The van der Waals surface area contributed by atoms with Crippen LogP contribution in [0.15, 0.2) is 18.5 Å². The molecule has 1 aromatic heterocycles. The lowest BCUT2D eigenvalue weighted by atomic mass is 10.1. The molecule has 0 fully saturated rings. The Kier molecular flexibility index (Phi) is 5.43. The maximum atomic E-state index is 5.20. The summed E-state index contributed by atoms with van der Waals surface area (Å²) in [7, 11) is 1.74. The minimum Gasteiger partial charge on any atom is -0.383 e. The van der Waals surface area contributed by atoms with E-state index in [2.05, 4.69) is 37.1 Å². The summed E-state index contributed by atoms with van der Waals surface area (Å²) < 4.78 is 5.20. The molecule has 0 saturated heterocycles. The highest BCUT2D eigenvalue weighted by atomic mass is 16.5. The average molecular weight is 222 g/mol. The van der Waals surface area contributed by atoms with Crippen LogP contribution in [0.2, 0.25) is 0 Å². The molecule has 0 radical (unpaired) electrons. The lowest BCUT2D eigenvalue weighted by molar-refractivity contribution is 0.146. The van der Waals surface area contributed by atoms with Crippen molar-refractivity contribution in [1.82, 2.24) is 10.3 Å². The molecular weight excluding hydrogens is 200 g/mol. The highest BCUT2D eigenvalue weighted by molar-refractivity contribution is 5.16. The maximum Gasteiger partial charge on any atom is 0.0618 e. The van der Waals surface area contributed by atoms with Crippen molar-refractivity contribution in [1.29, 1.82) is 0 Å². The Labute approximate surface area is 98.2 Å². The molecule has 0 aliphatic carbocycles. The minimum absolute atomic E-state index is 0.394. The van der Waals surface area contributed by atoms with Gasteiger partial charge in [-0.25, -0.2) is 0 Å². The van der Waals surface area contributed by atoms with Crippen LogP contribution >= 0.6 is 0 Å². The van der Waals surface area contributed by atoms with E-state index in [1.54, 1.807) is 7.11 Å². The standard InChI is InChI=1S/C13H22N2O/c1-10(2)13(9-16-4)15-8-12-5-11(3)6-14-7-12/h5-7,10,13,15H,8-9H2,1-4H3. The summed E-state index contributed by atoms with van der Waals surface area (Å²) in [5, 5.41) is 3.50. The zero-order valence-electron chi connectivity index (χ0n) is 10.7. The first-order valence-electron chi connectivity index (χ1n) is 5.76. The number of hydrogen-bond donors (Lipinski definition) is 1. The van der Waals surface area contributed by atoms with E-state index in [0.29, 0.717) is 12.0 Å². The van der Waals surface area contributed by atoms with Gasteiger partial charge >= 0.3 is 0 Å². The first kappa shape index (κ1) is 13.1. The van der Waals surface area contributed by atoms with Crippen molar-refractivity contribution >= 4 is 0 Å². The Morgan fingerprint density at radius 2 is 2.12 bits per heavy atom. The first-order valence-corrected chi connectivity index (χ1v) is 5.76. The molecule has 0 saturated carbocycles. The van der Waals surface area contributed by atoms with Crippen molar-refractivity contribution in [3.05, 3.63) is 29.6 Å². The second-order valence-electron chi connectivity index (χ2n) is 4.56. The van der Waals surface area contributed by atoms with E-state index < -0.39 is 0 Å². The molecule has 3 nitrogen and oxygen atoms in total. The zero-order chi connectivity index (χ0) is 12.0. The molecule has 0 aliphatic heterocycles. The van der Waals surface area contributed by atoms with Crippen molar-refractivity contribution in [2.24, 2.45) is 5.92 Å². The lowest BCUT2D eigenvalue weighted by Gasteiger charge is -2.21. The Bertz CT molecular complexity index is 313. The first-order chi connectivity index (χ1) is 7.63. The van der Waals surface area contributed by atoms with Crippen LogP contribution in [0.1, 0.15) is 25.0 Å². The van der Waals surface area contributed by atoms with Crippen LogP contribution in [0, 0.1) is 12.8 Å². The molecule has 0 amide bonds. The number of pyridine rings is 1. The number of aryl methyl sites for hydroxylation is 1. The van der Waals surface area contributed by atoms with Gasteiger partial charge in [-0.1, -0.05) is 19.9 Å². The molecule has 0 bridgehead atoms. The summed E-state index contributed by atoms with van der Waals surface area (Å²) >= 11 is 0. The fraction of sp³-hybridized carbons (Fsp3) is 0.615. The highest BCUT2D eigenvalue weighted by Gasteiger charge is 2.11. The summed E-state index contributed by atoms with van der Waals surface area (Å²) in [6.07, 6.45) is 3.78. The van der Waals surface area contributed by atoms with E-state index in [4.69, 9.17) is 4.74 Å². The van der Waals surface area contributed by atoms with Crippen LogP contribution in [-0.4, -0.2) is 24.7 Å². The predicted molar refractivity (Wildman–Crippen MR) is 66.3 cm³/mol. The highest BCUT2D eigenvalue weighted by Crippen LogP contribution is 2.05. The molecule has 16 heavy (non-hydrogen) atoms. The lowest BCUT2D eigenvalue weighted by Crippen LogP contribution is -2.37. The quantitative estimate of drug-likeness (QED) is 0.801. The van der Waals surface area contributed by atoms with Gasteiger partial charge in [0.15, 0.2) is 0 Å². The summed E-state index contributed by atoms with van der Waals surface area (Å²) in [4.78, 5) is 4.18. The van der Waals surface area contributed by atoms with Crippen LogP contribution in [0.4, 0.5) is 0 Å². The molecule has 3 heteroatoms. The van der Waals surface area contributed by atoms with Crippen molar-refractivity contribution < 1.29 is 4.74 Å². The summed E-state index contributed by atoms with van der Waals surface area (Å²) in [5.74, 6) is 0.567. The third kappa shape index (κ3) is 4.29. The molecule has 0 aromatic carbocycles. The van der Waals surface area contributed by atoms with Crippen LogP contribution in [0.3, 0.4) is 0 Å². The van der Waals surface area contributed by atoms with Crippen molar-refractivity contribution in [2.75, 3.05) is 13.7 Å². The molecule has 1 heterocycles. The van der Waals surface area contributed by atoms with E-state index in [1.807, 2.05) is 12.4 Å². The summed E-state index contributed by atoms with van der Waals surface area (Å²) in [6.45, 7) is 8.06. The predicted octanol–water partition coefficient (Wildman–Crippen LogP) is 2.15. The van der Waals surface area contributed by atoms with Crippen molar-refractivity contribution in [3.63, 3.8) is 0 Å². The zero-order valence-corrected chi connectivity index (χ0v) is 10.7. The van der Waals surface area contributed by atoms with Crippen LogP contribution < -0.4 is 5.32 Å². The third-order valence-corrected chi connectivity index (χ3v) is 2.65.